The minimum absolute atomic E-state index is 0.106. The van der Waals surface area contributed by atoms with Crippen LogP contribution in [0.5, 0.6) is 0 Å². The van der Waals surface area contributed by atoms with E-state index in [1.807, 2.05) is 12.1 Å². The van der Waals surface area contributed by atoms with Gasteiger partial charge < -0.3 is 15.2 Å². The van der Waals surface area contributed by atoms with Crippen molar-refractivity contribution in [1.82, 2.24) is 5.32 Å². The monoisotopic (exact) mass is 335 g/mol. The minimum atomic E-state index is -0.965. The van der Waals surface area contributed by atoms with Gasteiger partial charge >= 0.3 is 5.97 Å². The molecule has 1 amide bonds. The van der Waals surface area contributed by atoms with Gasteiger partial charge in [-0.1, -0.05) is 45.0 Å². The zero-order chi connectivity index (χ0) is 18.4. The molecule has 24 heavy (non-hydrogen) atoms. The molecule has 1 atom stereocenters. The van der Waals surface area contributed by atoms with Gasteiger partial charge in [-0.15, -0.1) is 0 Å². The highest BCUT2D eigenvalue weighted by molar-refractivity contribution is 5.78. The van der Waals surface area contributed by atoms with Crippen LogP contribution in [0, 0.1) is 0 Å². The smallest absolute Gasteiger partial charge is 0.305 e. The fraction of sp³-hybridized carbons (Fsp3) is 0.579. The fourth-order valence-corrected chi connectivity index (χ4v) is 2.61. The van der Waals surface area contributed by atoms with Gasteiger partial charge in [0.1, 0.15) is 0 Å². The Balaban J connectivity index is 2.60. The number of rotatable bonds is 8. The molecule has 1 unspecified atom stereocenters. The second-order valence-electron chi connectivity index (χ2n) is 7.56. The van der Waals surface area contributed by atoms with E-state index in [1.165, 1.54) is 12.7 Å². The number of aryl methyl sites for hydroxylation is 1. The van der Waals surface area contributed by atoms with Crippen LogP contribution < -0.4 is 5.32 Å². The number of carbonyl (C=O) groups is 2. The van der Waals surface area contributed by atoms with E-state index in [4.69, 9.17) is 9.84 Å². The maximum absolute atomic E-state index is 12.2. The molecule has 134 valence electrons. The Hall–Kier alpha value is -1.88. The van der Waals surface area contributed by atoms with Crippen LogP contribution in [-0.4, -0.2) is 36.2 Å². The maximum Gasteiger partial charge on any atom is 0.305 e. The van der Waals surface area contributed by atoms with Crippen LogP contribution in [-0.2, 0) is 26.2 Å². The van der Waals surface area contributed by atoms with Crippen molar-refractivity contribution < 1.29 is 19.4 Å². The molecule has 0 heterocycles. The summed E-state index contributed by atoms with van der Waals surface area (Å²) >= 11 is 0. The quantitative estimate of drug-likeness (QED) is 0.766. The molecule has 0 saturated heterocycles. The van der Waals surface area contributed by atoms with Crippen molar-refractivity contribution in [3.8, 4) is 0 Å². The zero-order valence-electron chi connectivity index (χ0n) is 15.3. The van der Waals surface area contributed by atoms with Crippen LogP contribution in [0.1, 0.15) is 51.7 Å². The van der Waals surface area contributed by atoms with Crippen LogP contribution in [0.15, 0.2) is 24.3 Å². The van der Waals surface area contributed by atoms with Crippen molar-refractivity contribution in [1.29, 1.82) is 0 Å². The number of carbonyl (C=O) groups excluding carboxylic acids is 1. The number of ether oxygens (including phenoxy) is 1. The van der Waals surface area contributed by atoms with Crippen LogP contribution in [0.4, 0.5) is 0 Å². The summed E-state index contributed by atoms with van der Waals surface area (Å²) in [5.74, 6) is -1.14. The van der Waals surface area contributed by atoms with Crippen molar-refractivity contribution in [2.75, 3.05) is 13.7 Å². The predicted molar refractivity (Wildman–Crippen MR) is 94.1 cm³/mol. The lowest BCUT2D eigenvalue weighted by Crippen LogP contribution is -2.50. The average Bonchev–Trinajstić information content (AvgIpc) is 2.43. The summed E-state index contributed by atoms with van der Waals surface area (Å²) in [5.41, 5.74) is 1.55. The summed E-state index contributed by atoms with van der Waals surface area (Å²) in [6, 6.07) is 8.26. The Labute approximate surface area is 144 Å². The van der Waals surface area contributed by atoms with Gasteiger partial charge in [-0.3, -0.25) is 9.59 Å². The number of nitrogens with one attached hydrogen (secondary N) is 1. The standard InChI is InChI=1S/C19H29NO4/c1-18(2,3)15-9-6-14(7-10-15)8-11-16(21)20-19(4,13-24-5)12-17(22)23/h6-7,9-10H,8,11-13H2,1-5H3,(H,20,21)(H,22,23). The second kappa shape index (κ2) is 8.29. The highest BCUT2D eigenvalue weighted by Gasteiger charge is 2.29. The number of carboxylic acids is 1. The van der Waals surface area contributed by atoms with Crippen molar-refractivity contribution in [2.24, 2.45) is 0 Å². The molecule has 0 spiro atoms. The zero-order valence-corrected chi connectivity index (χ0v) is 15.3. The third kappa shape index (κ3) is 6.71. The lowest BCUT2D eigenvalue weighted by molar-refractivity contribution is -0.139. The maximum atomic E-state index is 12.2. The number of hydrogen-bond acceptors (Lipinski definition) is 3. The van der Waals surface area contributed by atoms with E-state index < -0.39 is 11.5 Å². The van der Waals surface area contributed by atoms with E-state index in [1.54, 1.807) is 6.92 Å². The first-order valence-electron chi connectivity index (χ1n) is 8.17. The van der Waals surface area contributed by atoms with Gasteiger partial charge in [-0.2, -0.15) is 0 Å². The molecule has 1 rings (SSSR count). The van der Waals surface area contributed by atoms with Crippen LogP contribution >= 0.6 is 0 Å². The molecule has 0 fully saturated rings. The van der Waals surface area contributed by atoms with Crippen LogP contribution in [0.2, 0.25) is 0 Å². The third-order valence-corrected chi connectivity index (χ3v) is 3.91. The molecule has 0 aliphatic carbocycles. The van der Waals surface area contributed by atoms with Gasteiger partial charge in [-0.25, -0.2) is 0 Å². The number of hydrogen-bond donors (Lipinski definition) is 2. The van der Waals surface area contributed by atoms with Crippen LogP contribution in [0.3, 0.4) is 0 Å². The van der Waals surface area contributed by atoms with Gasteiger partial charge in [0.05, 0.1) is 18.6 Å². The molecule has 0 bridgehead atoms. The molecule has 0 aliphatic heterocycles. The first kappa shape index (κ1) is 20.2. The van der Waals surface area contributed by atoms with E-state index in [-0.39, 0.29) is 24.3 Å². The van der Waals surface area contributed by atoms with E-state index in [0.717, 1.165) is 5.56 Å². The molecule has 0 aliphatic rings. The van der Waals surface area contributed by atoms with Gasteiger partial charge in [0, 0.05) is 13.5 Å². The molecule has 0 radical (unpaired) electrons. The first-order valence-corrected chi connectivity index (χ1v) is 8.17. The number of methoxy groups -OCH3 is 1. The van der Waals surface area contributed by atoms with Crippen molar-refractivity contribution in [3.05, 3.63) is 35.4 Å². The van der Waals surface area contributed by atoms with Crippen molar-refractivity contribution >= 4 is 11.9 Å². The molecule has 5 heteroatoms. The van der Waals surface area contributed by atoms with E-state index >= 15 is 0 Å². The summed E-state index contributed by atoms with van der Waals surface area (Å²) in [5, 5.41) is 11.8. The van der Waals surface area contributed by atoms with E-state index in [2.05, 4.69) is 38.2 Å². The summed E-state index contributed by atoms with van der Waals surface area (Å²) in [7, 11) is 1.49. The topological polar surface area (TPSA) is 75.6 Å². The molecule has 0 saturated carbocycles. The molecular weight excluding hydrogens is 306 g/mol. The van der Waals surface area contributed by atoms with Crippen LogP contribution in [0.25, 0.3) is 0 Å². The Morgan fingerprint density at radius 3 is 2.17 bits per heavy atom. The Bertz CT molecular complexity index is 560. The molecule has 5 nitrogen and oxygen atoms in total. The summed E-state index contributed by atoms with van der Waals surface area (Å²) in [6.07, 6.45) is 0.757. The average molecular weight is 335 g/mol. The molecule has 1 aromatic rings. The SMILES string of the molecule is COCC(C)(CC(=O)O)NC(=O)CCc1ccc(C(C)(C)C)cc1. The molecular formula is C19H29NO4. The Kier molecular flexibility index (Phi) is 6.96. The Morgan fingerprint density at radius 1 is 1.12 bits per heavy atom. The molecule has 0 aromatic heterocycles. The fourth-order valence-electron chi connectivity index (χ4n) is 2.61. The van der Waals surface area contributed by atoms with Gasteiger partial charge in [0.15, 0.2) is 0 Å². The number of benzene rings is 1. The predicted octanol–water partition coefficient (Wildman–Crippen LogP) is 2.91. The highest BCUT2D eigenvalue weighted by atomic mass is 16.5. The highest BCUT2D eigenvalue weighted by Crippen LogP contribution is 2.22. The largest absolute Gasteiger partial charge is 0.481 e. The minimum Gasteiger partial charge on any atom is -0.481 e. The lowest BCUT2D eigenvalue weighted by Gasteiger charge is -2.28. The number of aliphatic carboxylic acids is 1. The normalized spacial score (nSPS) is 14.0. The van der Waals surface area contributed by atoms with E-state index in [0.29, 0.717) is 12.8 Å². The number of carboxylic acid groups (broad SMARTS) is 1. The third-order valence-electron chi connectivity index (χ3n) is 3.91. The molecule has 1 aromatic carbocycles. The summed E-state index contributed by atoms with van der Waals surface area (Å²) < 4.78 is 5.04. The van der Waals surface area contributed by atoms with Crippen molar-refractivity contribution in [3.63, 3.8) is 0 Å². The summed E-state index contributed by atoms with van der Waals surface area (Å²) in [4.78, 5) is 23.1. The van der Waals surface area contributed by atoms with Crippen molar-refractivity contribution in [2.45, 2.75) is 57.9 Å². The lowest BCUT2D eigenvalue weighted by atomic mass is 9.86. The van der Waals surface area contributed by atoms with Gasteiger partial charge in [-0.05, 0) is 29.9 Å². The number of amides is 1. The van der Waals surface area contributed by atoms with E-state index in [9.17, 15) is 9.59 Å². The Morgan fingerprint density at radius 2 is 1.71 bits per heavy atom. The molecule has 2 N–H and O–H groups in total. The second-order valence-corrected chi connectivity index (χ2v) is 7.56. The van der Waals surface area contributed by atoms with Gasteiger partial charge in [0.2, 0.25) is 5.91 Å². The first-order chi connectivity index (χ1) is 11.1. The summed E-state index contributed by atoms with van der Waals surface area (Å²) in [6.45, 7) is 8.32. The van der Waals surface area contributed by atoms with Gasteiger partial charge in [0.25, 0.3) is 0 Å².